The van der Waals surface area contributed by atoms with E-state index in [2.05, 4.69) is 28.5 Å². The quantitative estimate of drug-likeness (QED) is 0.612. The molecule has 0 unspecified atom stereocenters. The lowest BCUT2D eigenvalue weighted by molar-refractivity contribution is -0.116. The lowest BCUT2D eigenvalue weighted by atomic mass is 10.0. The highest BCUT2D eigenvalue weighted by Crippen LogP contribution is 2.28. The van der Waals surface area contributed by atoms with Crippen LogP contribution in [0.3, 0.4) is 0 Å². The summed E-state index contributed by atoms with van der Waals surface area (Å²) in [5, 5.41) is 5.20. The Kier molecular flexibility index (Phi) is 6.26. The van der Waals surface area contributed by atoms with Crippen LogP contribution >= 0.6 is 11.3 Å². The maximum Gasteiger partial charge on any atom is 0.226 e. The number of aryl methyl sites for hydroxylation is 2. The molecule has 1 heterocycles. The molecule has 7 heteroatoms. The minimum absolute atomic E-state index is 0.0595. The van der Waals surface area contributed by atoms with Crippen molar-refractivity contribution < 1.29 is 13.2 Å². The zero-order valence-electron chi connectivity index (χ0n) is 15.8. The molecule has 0 fully saturated rings. The number of hydrogen-bond acceptors (Lipinski definition) is 5. The molecule has 0 atom stereocenters. The van der Waals surface area contributed by atoms with E-state index in [0.717, 1.165) is 22.4 Å². The van der Waals surface area contributed by atoms with Crippen molar-refractivity contribution in [3.63, 3.8) is 0 Å². The van der Waals surface area contributed by atoms with Gasteiger partial charge in [-0.1, -0.05) is 35.9 Å². The van der Waals surface area contributed by atoms with Gasteiger partial charge in [0.1, 0.15) is 0 Å². The predicted molar refractivity (Wildman–Crippen MR) is 113 cm³/mol. The standard InChI is InChI=1S/C21H22N2O3S2/c1-15-10-11-16(2)18(13-15)19-14-27-21(22-19)23-20(24)9-6-12-28(25,26)17-7-4-3-5-8-17/h3-5,7-8,10-11,13-14H,6,9,12H2,1-2H3,(H,22,23,24). The number of rotatable bonds is 7. The van der Waals surface area contributed by atoms with Crippen LogP contribution in [0.5, 0.6) is 0 Å². The summed E-state index contributed by atoms with van der Waals surface area (Å²) < 4.78 is 24.5. The maximum absolute atomic E-state index is 12.2. The first-order valence-corrected chi connectivity index (χ1v) is 11.5. The van der Waals surface area contributed by atoms with Gasteiger partial charge in [0.25, 0.3) is 0 Å². The highest BCUT2D eigenvalue weighted by molar-refractivity contribution is 7.91. The van der Waals surface area contributed by atoms with Gasteiger partial charge in [-0.25, -0.2) is 13.4 Å². The number of thiazole rings is 1. The van der Waals surface area contributed by atoms with Crippen molar-refractivity contribution in [1.82, 2.24) is 4.98 Å². The van der Waals surface area contributed by atoms with Crippen LogP contribution in [0.15, 0.2) is 58.8 Å². The average molecular weight is 415 g/mol. The number of nitrogens with zero attached hydrogens (tertiary/aromatic N) is 1. The third-order valence-corrected chi connectivity index (χ3v) is 6.91. The summed E-state index contributed by atoms with van der Waals surface area (Å²) in [5.74, 6) is -0.291. The third kappa shape index (κ3) is 5.05. The maximum atomic E-state index is 12.2. The average Bonchev–Trinajstić information content (AvgIpc) is 3.12. The number of hydrogen-bond donors (Lipinski definition) is 1. The van der Waals surface area contributed by atoms with Crippen molar-refractivity contribution in [2.75, 3.05) is 11.1 Å². The fraction of sp³-hybridized carbons (Fsp3) is 0.238. The number of aromatic nitrogens is 1. The predicted octanol–water partition coefficient (Wildman–Crippen LogP) is 4.62. The van der Waals surface area contributed by atoms with Crippen molar-refractivity contribution in [3.05, 3.63) is 65.0 Å². The normalized spacial score (nSPS) is 11.4. The molecular weight excluding hydrogens is 392 g/mol. The fourth-order valence-corrected chi connectivity index (χ4v) is 4.88. The highest BCUT2D eigenvalue weighted by atomic mass is 32.2. The fourth-order valence-electron chi connectivity index (χ4n) is 2.82. The van der Waals surface area contributed by atoms with E-state index >= 15 is 0 Å². The molecule has 0 bridgehead atoms. The second-order valence-electron chi connectivity index (χ2n) is 6.64. The number of carbonyl (C=O) groups is 1. The van der Waals surface area contributed by atoms with Crippen molar-refractivity contribution >= 4 is 32.2 Å². The molecule has 1 amide bonds. The van der Waals surface area contributed by atoms with Gasteiger partial charge in [-0.05, 0) is 44.0 Å². The Hall–Kier alpha value is -2.51. The molecule has 0 saturated heterocycles. The van der Waals surface area contributed by atoms with Gasteiger partial charge in [-0.15, -0.1) is 11.3 Å². The van der Waals surface area contributed by atoms with Crippen LogP contribution in [0.1, 0.15) is 24.0 Å². The molecule has 0 spiro atoms. The first kappa shape index (κ1) is 20.2. The topological polar surface area (TPSA) is 76.1 Å². The van der Waals surface area contributed by atoms with Gasteiger partial charge in [0.05, 0.1) is 16.3 Å². The number of carbonyl (C=O) groups excluding carboxylic acids is 1. The van der Waals surface area contributed by atoms with E-state index < -0.39 is 9.84 Å². The number of amides is 1. The van der Waals surface area contributed by atoms with Gasteiger partial charge in [-0.3, -0.25) is 4.79 Å². The summed E-state index contributed by atoms with van der Waals surface area (Å²) in [7, 11) is -3.36. The molecule has 2 aromatic carbocycles. The monoisotopic (exact) mass is 414 g/mol. The molecule has 0 saturated carbocycles. The molecule has 1 aromatic heterocycles. The zero-order chi connectivity index (χ0) is 20.1. The number of nitrogens with one attached hydrogen (secondary N) is 1. The molecule has 0 aliphatic rings. The third-order valence-electron chi connectivity index (χ3n) is 4.34. The number of benzene rings is 2. The highest BCUT2D eigenvalue weighted by Gasteiger charge is 2.15. The van der Waals surface area contributed by atoms with E-state index in [1.54, 1.807) is 30.3 Å². The Morgan fingerprint density at radius 2 is 1.86 bits per heavy atom. The summed E-state index contributed by atoms with van der Waals surface area (Å²) in [5.41, 5.74) is 4.15. The van der Waals surface area contributed by atoms with Crippen molar-refractivity contribution in [2.24, 2.45) is 0 Å². The van der Waals surface area contributed by atoms with Gasteiger partial charge >= 0.3 is 0 Å². The van der Waals surface area contributed by atoms with Gasteiger partial charge < -0.3 is 5.32 Å². The molecule has 5 nitrogen and oxygen atoms in total. The summed E-state index contributed by atoms with van der Waals surface area (Å²) in [6, 6.07) is 14.5. The largest absolute Gasteiger partial charge is 0.302 e. The molecule has 0 aliphatic carbocycles. The summed E-state index contributed by atoms with van der Waals surface area (Å²) >= 11 is 1.36. The van der Waals surface area contributed by atoms with Crippen LogP contribution in [0.2, 0.25) is 0 Å². The molecule has 28 heavy (non-hydrogen) atoms. The smallest absolute Gasteiger partial charge is 0.226 e. The molecule has 146 valence electrons. The van der Waals surface area contributed by atoms with Gasteiger partial charge in [0.15, 0.2) is 15.0 Å². The Morgan fingerprint density at radius 1 is 1.11 bits per heavy atom. The lowest BCUT2D eigenvalue weighted by Crippen LogP contribution is -2.14. The summed E-state index contributed by atoms with van der Waals surface area (Å²) in [6.07, 6.45) is 0.392. The van der Waals surface area contributed by atoms with Crippen LogP contribution < -0.4 is 5.32 Å². The molecule has 0 radical (unpaired) electrons. The second kappa shape index (κ2) is 8.67. The molecular formula is C21H22N2O3S2. The van der Waals surface area contributed by atoms with E-state index in [1.807, 2.05) is 19.2 Å². The van der Waals surface area contributed by atoms with E-state index in [4.69, 9.17) is 0 Å². The Balaban J connectivity index is 1.56. The van der Waals surface area contributed by atoms with Crippen molar-refractivity contribution in [3.8, 4) is 11.3 Å². The van der Waals surface area contributed by atoms with Crippen LogP contribution in [-0.4, -0.2) is 25.1 Å². The summed E-state index contributed by atoms with van der Waals surface area (Å²) in [6.45, 7) is 4.06. The van der Waals surface area contributed by atoms with Crippen molar-refractivity contribution in [2.45, 2.75) is 31.6 Å². The second-order valence-corrected chi connectivity index (χ2v) is 9.61. The number of sulfone groups is 1. The Morgan fingerprint density at radius 3 is 2.61 bits per heavy atom. The van der Waals surface area contributed by atoms with Crippen LogP contribution in [-0.2, 0) is 14.6 Å². The SMILES string of the molecule is Cc1ccc(C)c(-c2csc(NC(=O)CCCS(=O)(=O)c3ccccc3)n2)c1. The first-order valence-electron chi connectivity index (χ1n) is 8.96. The van der Waals surface area contributed by atoms with Crippen LogP contribution in [0.25, 0.3) is 11.3 Å². The molecule has 3 aromatic rings. The molecule has 0 aliphatic heterocycles. The lowest BCUT2D eigenvalue weighted by Gasteiger charge is -2.05. The van der Waals surface area contributed by atoms with Crippen molar-refractivity contribution in [1.29, 1.82) is 0 Å². The van der Waals surface area contributed by atoms with Crippen LogP contribution in [0, 0.1) is 13.8 Å². The summed E-state index contributed by atoms with van der Waals surface area (Å²) in [4.78, 5) is 16.9. The Labute approximate surface area is 169 Å². The Bertz CT molecular complexity index is 1070. The first-order chi connectivity index (χ1) is 13.3. The van der Waals surface area contributed by atoms with E-state index in [-0.39, 0.29) is 29.4 Å². The van der Waals surface area contributed by atoms with Gasteiger partial charge in [-0.2, -0.15) is 0 Å². The molecule has 1 N–H and O–H groups in total. The van der Waals surface area contributed by atoms with E-state index in [0.29, 0.717) is 5.13 Å². The minimum atomic E-state index is -3.36. The zero-order valence-corrected chi connectivity index (χ0v) is 17.4. The number of anilines is 1. The van der Waals surface area contributed by atoms with Crippen LogP contribution in [0.4, 0.5) is 5.13 Å². The van der Waals surface area contributed by atoms with E-state index in [1.165, 1.54) is 11.3 Å². The molecule has 3 rings (SSSR count). The van der Waals surface area contributed by atoms with Gasteiger partial charge in [0, 0.05) is 17.4 Å². The minimum Gasteiger partial charge on any atom is -0.302 e. The van der Waals surface area contributed by atoms with Gasteiger partial charge in [0.2, 0.25) is 5.91 Å². The van der Waals surface area contributed by atoms with E-state index in [9.17, 15) is 13.2 Å².